The molecule has 8 aliphatic rings. The first kappa shape index (κ1) is 58.1. The van der Waals surface area contributed by atoms with Gasteiger partial charge in [0.1, 0.15) is 18.2 Å². The highest BCUT2D eigenvalue weighted by molar-refractivity contribution is 6.73. The number of hydrogen-bond donors (Lipinski definition) is 0. The highest BCUT2D eigenvalue weighted by atomic mass is 28.4. The Morgan fingerprint density at radius 2 is 1.38 bits per heavy atom. The number of methoxy groups -OCH3 is 1. The lowest BCUT2D eigenvalue weighted by molar-refractivity contribution is -0.372. The van der Waals surface area contributed by atoms with Crippen LogP contribution in [0, 0.1) is 85.8 Å². The molecule has 0 spiro atoms. The minimum atomic E-state index is -2.11. The van der Waals surface area contributed by atoms with Gasteiger partial charge < -0.3 is 42.4 Å². The molecular weight excluding hydrogens is 933 g/mol. The molecule has 0 aromatic heterocycles. The molecule has 24 atom stereocenters. The van der Waals surface area contributed by atoms with E-state index >= 15 is 0 Å². The van der Waals surface area contributed by atoms with Crippen molar-refractivity contribution in [3.05, 3.63) is 11.6 Å². The van der Waals surface area contributed by atoms with Crippen molar-refractivity contribution in [1.29, 1.82) is 0 Å². The van der Waals surface area contributed by atoms with E-state index in [-0.39, 0.29) is 75.7 Å². The van der Waals surface area contributed by atoms with Gasteiger partial charge in [-0.3, -0.25) is 4.79 Å². The summed E-state index contributed by atoms with van der Waals surface area (Å²) in [5.41, 5.74) is 0.0902. The van der Waals surface area contributed by atoms with Gasteiger partial charge in [-0.2, -0.15) is 0 Å². The SMILES string of the molecule is CCC1O[C@@H](OC2[C@H](O[C@H]3CCC4(C)C5CC=C6C7CC(C)(C)CC[C@]7(C(C)=O)C(OC)C[C@@]6(C)[C@@]5(C)CC[C@H]4[C@@]3(C)C=O)OC[C@@H](C)[C@@H]2O[C@@H]2O[C@@H](C)[C@H](C)C(C)C2C)C(O[Si](CC)(CC)CC)[C@@H](C)[C@H]1C. The molecule has 3 aliphatic heterocycles. The molecular formula is C62H106O10Si. The van der Waals surface area contributed by atoms with Crippen LogP contribution in [0.3, 0.4) is 0 Å². The zero-order valence-corrected chi connectivity index (χ0v) is 50.6. The largest absolute Gasteiger partial charge is 0.408 e. The topological polar surface area (TPSA) is 108 Å². The summed E-state index contributed by atoms with van der Waals surface area (Å²) in [6, 6.07) is 3.10. The molecule has 0 aromatic carbocycles. The van der Waals surface area contributed by atoms with E-state index in [2.05, 4.69) is 124 Å². The molecule has 3 saturated heterocycles. The first-order valence-corrected chi connectivity index (χ1v) is 32.6. The zero-order valence-electron chi connectivity index (χ0n) is 49.6. The lowest BCUT2D eigenvalue weighted by Crippen LogP contribution is -2.68. The molecule has 73 heavy (non-hydrogen) atoms. The van der Waals surface area contributed by atoms with Crippen molar-refractivity contribution in [2.75, 3.05) is 13.7 Å². The van der Waals surface area contributed by atoms with Crippen LogP contribution in [-0.4, -0.2) is 95.7 Å². The summed E-state index contributed by atoms with van der Waals surface area (Å²) >= 11 is 0. The monoisotopic (exact) mass is 1040 g/mol. The molecule has 5 aliphatic carbocycles. The van der Waals surface area contributed by atoms with Gasteiger partial charge in [0.05, 0.1) is 54.1 Å². The summed E-state index contributed by atoms with van der Waals surface area (Å²) in [4.78, 5) is 28.3. The maximum Gasteiger partial charge on any atom is 0.192 e. The van der Waals surface area contributed by atoms with E-state index in [0.29, 0.717) is 36.1 Å². The van der Waals surface area contributed by atoms with Gasteiger partial charge in [0.15, 0.2) is 27.2 Å². The lowest BCUT2D eigenvalue weighted by Gasteiger charge is -2.72. The highest BCUT2D eigenvalue weighted by Gasteiger charge is 2.72. The fraction of sp³-hybridized carbons (Fsp3) is 0.935. The van der Waals surface area contributed by atoms with Crippen molar-refractivity contribution in [1.82, 2.24) is 0 Å². The molecule has 10 nitrogen and oxygen atoms in total. The third-order valence-corrected chi connectivity index (χ3v) is 29.1. The van der Waals surface area contributed by atoms with Crippen LogP contribution in [0.15, 0.2) is 11.6 Å². The molecule has 7 fully saturated rings. The summed E-state index contributed by atoms with van der Waals surface area (Å²) in [6.07, 6.45) is 9.35. The third kappa shape index (κ3) is 9.36. The summed E-state index contributed by atoms with van der Waals surface area (Å²) in [5.74, 6) is 2.34. The maximum absolute atomic E-state index is 14.3. The molecule has 3 heterocycles. The van der Waals surface area contributed by atoms with Gasteiger partial charge in [0, 0.05) is 18.9 Å². The van der Waals surface area contributed by atoms with Gasteiger partial charge in [-0.15, -0.1) is 0 Å². The number of ketones is 1. The molecule has 0 bridgehead atoms. The molecule has 9 unspecified atom stereocenters. The molecule has 418 valence electrons. The number of Topliss-reactive ketones (excluding diaryl/α,β-unsaturated/α-hetero) is 1. The second-order valence-electron chi connectivity index (χ2n) is 28.1. The van der Waals surface area contributed by atoms with Crippen molar-refractivity contribution in [3.63, 3.8) is 0 Å². The zero-order chi connectivity index (χ0) is 53.6. The Kier molecular flexibility index (Phi) is 16.9. The second kappa shape index (κ2) is 21.2. The molecule has 0 radical (unpaired) electrons. The van der Waals surface area contributed by atoms with Gasteiger partial charge in [-0.1, -0.05) is 122 Å². The normalized spacial score (nSPS) is 50.9. The minimum absolute atomic E-state index is 0.00544. The van der Waals surface area contributed by atoms with Crippen molar-refractivity contribution in [3.8, 4) is 0 Å². The summed E-state index contributed by atoms with van der Waals surface area (Å²) in [5, 5.41) is 0. The van der Waals surface area contributed by atoms with Crippen molar-refractivity contribution < 1.29 is 47.2 Å². The molecule has 0 N–H and O–H groups in total. The Labute approximate surface area is 445 Å². The molecule has 0 aromatic rings. The molecule has 0 amide bonds. The Balaban J connectivity index is 1.13. The third-order valence-electron chi connectivity index (χ3n) is 24.5. The number of aldehydes is 1. The van der Waals surface area contributed by atoms with E-state index in [1.807, 2.05) is 14.0 Å². The van der Waals surface area contributed by atoms with Crippen LogP contribution in [0.1, 0.15) is 189 Å². The van der Waals surface area contributed by atoms with Crippen LogP contribution in [0.5, 0.6) is 0 Å². The van der Waals surface area contributed by atoms with Crippen LogP contribution in [0.2, 0.25) is 18.1 Å². The van der Waals surface area contributed by atoms with E-state index in [0.717, 1.165) is 82.3 Å². The van der Waals surface area contributed by atoms with E-state index in [1.54, 1.807) is 0 Å². The second-order valence-corrected chi connectivity index (χ2v) is 32.8. The molecule has 4 saturated carbocycles. The van der Waals surface area contributed by atoms with Crippen molar-refractivity contribution in [2.45, 2.75) is 269 Å². The number of carbonyl (C=O) groups excluding carboxylic acids is 2. The fourth-order valence-electron chi connectivity index (χ4n) is 18.2. The fourth-order valence-corrected chi connectivity index (χ4v) is 21.1. The van der Waals surface area contributed by atoms with E-state index in [9.17, 15) is 9.59 Å². The van der Waals surface area contributed by atoms with Crippen LogP contribution in [0.4, 0.5) is 0 Å². The quantitative estimate of drug-likeness (QED) is 0.0681. The number of allylic oxidation sites excluding steroid dienone is 2. The predicted molar refractivity (Wildman–Crippen MR) is 291 cm³/mol. The average Bonchev–Trinajstić information content (AvgIpc) is 3.35. The number of carbonyl (C=O) groups is 2. The Morgan fingerprint density at radius 3 is 2.00 bits per heavy atom. The van der Waals surface area contributed by atoms with E-state index in [1.165, 1.54) is 11.9 Å². The lowest BCUT2D eigenvalue weighted by atomic mass is 9.33. The smallest absolute Gasteiger partial charge is 0.192 e. The number of ether oxygens (including phenoxy) is 7. The first-order valence-electron chi connectivity index (χ1n) is 30.0. The van der Waals surface area contributed by atoms with Crippen LogP contribution in [0.25, 0.3) is 0 Å². The van der Waals surface area contributed by atoms with Gasteiger partial charge in [-0.05, 0) is 159 Å². The van der Waals surface area contributed by atoms with Gasteiger partial charge >= 0.3 is 0 Å². The molecule has 11 heteroatoms. The minimum Gasteiger partial charge on any atom is -0.408 e. The van der Waals surface area contributed by atoms with Crippen molar-refractivity contribution in [2.24, 2.45) is 85.8 Å². The standard InChI is InChI=1S/C62H106O10Si/c1-20-46-39(8)40(9)52(72-73(21-2,22-3)23-4)56(68-46)71-53-51(70-54-41(10)37(6)38(7)42(11)67-54)36(5)34-66-55(53)69-49-27-28-58(15)47(59(49,16)35-63)26-29-60(17)48(58)25-24-44-45-32-57(13,14)30-31-62(45,43(12)64)50(65-19)33-61(44,60)18/h24,35-42,45-56H,20-23,25-34H2,1-19H3/t36-,37?,38-,39-,40+,41?,42+,45?,46?,47-,48?,49+,50?,51+,52?,53?,54+,55+,56+,58?,59-,60+,61-,62-/m1/s1. The number of fused-ring (bicyclic) bond motifs is 7. The Hall–Kier alpha value is -1.02. The van der Waals surface area contributed by atoms with Crippen molar-refractivity contribution >= 4 is 20.4 Å². The van der Waals surface area contributed by atoms with Crippen LogP contribution in [-0.2, 0) is 47.2 Å². The average molecular weight is 1040 g/mol. The van der Waals surface area contributed by atoms with Gasteiger partial charge in [0.25, 0.3) is 0 Å². The molecule has 8 rings (SSSR count). The maximum atomic E-state index is 14.3. The highest BCUT2D eigenvalue weighted by Crippen LogP contribution is 2.76. The Bertz CT molecular complexity index is 1980. The number of rotatable bonds is 15. The van der Waals surface area contributed by atoms with Gasteiger partial charge in [-0.25, -0.2) is 0 Å². The first-order chi connectivity index (χ1) is 34.2. The van der Waals surface area contributed by atoms with E-state index in [4.69, 9.17) is 37.6 Å². The summed E-state index contributed by atoms with van der Waals surface area (Å²) in [6.45, 7) is 41.8. The van der Waals surface area contributed by atoms with Gasteiger partial charge in [0.2, 0.25) is 0 Å². The predicted octanol–water partition coefficient (Wildman–Crippen LogP) is 13.8. The summed E-state index contributed by atoms with van der Waals surface area (Å²) in [7, 11) is -0.258. The number of hydrogen-bond acceptors (Lipinski definition) is 10. The Morgan fingerprint density at radius 1 is 0.712 bits per heavy atom. The van der Waals surface area contributed by atoms with E-state index < -0.39 is 56.3 Å². The van der Waals surface area contributed by atoms with Crippen LogP contribution >= 0.6 is 0 Å². The summed E-state index contributed by atoms with van der Waals surface area (Å²) < 4.78 is 57.1. The van der Waals surface area contributed by atoms with Crippen LogP contribution < -0.4 is 0 Å².